The van der Waals surface area contributed by atoms with Crippen molar-refractivity contribution in [3.8, 4) is 11.5 Å². The van der Waals surface area contributed by atoms with E-state index in [1.165, 1.54) is 10.4 Å². The SMILES string of the molecule is Cc1ccsc1CNc1cc2c(cc1Br)OCCO2. The highest BCUT2D eigenvalue weighted by Crippen LogP contribution is 2.38. The van der Waals surface area contributed by atoms with Crippen LogP contribution in [0.1, 0.15) is 10.4 Å². The van der Waals surface area contributed by atoms with E-state index in [1.807, 2.05) is 12.1 Å². The molecule has 0 radical (unpaired) electrons. The lowest BCUT2D eigenvalue weighted by Gasteiger charge is -2.20. The van der Waals surface area contributed by atoms with Crippen LogP contribution < -0.4 is 14.8 Å². The van der Waals surface area contributed by atoms with Gasteiger partial charge in [-0.1, -0.05) is 0 Å². The Bertz CT molecular complexity index is 597. The summed E-state index contributed by atoms with van der Waals surface area (Å²) < 4.78 is 12.1. The molecular weight excluding hydrogens is 326 g/mol. The summed E-state index contributed by atoms with van der Waals surface area (Å²) in [6.45, 7) is 4.17. The summed E-state index contributed by atoms with van der Waals surface area (Å²) in [6.07, 6.45) is 0. The van der Waals surface area contributed by atoms with Crippen molar-refractivity contribution in [2.75, 3.05) is 18.5 Å². The lowest BCUT2D eigenvalue weighted by Crippen LogP contribution is -2.15. The van der Waals surface area contributed by atoms with Gasteiger partial charge in [0.25, 0.3) is 0 Å². The van der Waals surface area contributed by atoms with Gasteiger partial charge in [0.1, 0.15) is 13.2 Å². The molecule has 100 valence electrons. The summed E-state index contributed by atoms with van der Waals surface area (Å²) in [5.74, 6) is 1.61. The minimum Gasteiger partial charge on any atom is -0.486 e. The Balaban J connectivity index is 1.79. The van der Waals surface area contributed by atoms with Gasteiger partial charge in [-0.15, -0.1) is 11.3 Å². The van der Waals surface area contributed by atoms with E-state index in [0.29, 0.717) is 13.2 Å². The zero-order chi connectivity index (χ0) is 13.2. The van der Waals surface area contributed by atoms with Crippen molar-refractivity contribution in [1.82, 2.24) is 0 Å². The summed E-state index contributed by atoms with van der Waals surface area (Å²) in [4.78, 5) is 1.35. The van der Waals surface area contributed by atoms with Gasteiger partial charge in [0.15, 0.2) is 11.5 Å². The summed E-state index contributed by atoms with van der Waals surface area (Å²) >= 11 is 5.33. The fourth-order valence-corrected chi connectivity index (χ4v) is 3.27. The summed E-state index contributed by atoms with van der Waals surface area (Å²) in [5.41, 5.74) is 2.35. The standard InChI is InChI=1S/C14H14BrNO2S/c1-9-2-5-19-14(9)8-16-11-7-13-12(6-10(11)15)17-3-4-18-13/h2,5-7,16H,3-4,8H2,1H3. The summed E-state index contributed by atoms with van der Waals surface area (Å²) in [6, 6.07) is 6.08. The number of hydrogen-bond acceptors (Lipinski definition) is 4. The van der Waals surface area contributed by atoms with E-state index >= 15 is 0 Å². The Morgan fingerprint density at radius 2 is 2.00 bits per heavy atom. The zero-order valence-electron chi connectivity index (χ0n) is 10.5. The van der Waals surface area contributed by atoms with Gasteiger partial charge in [0.2, 0.25) is 0 Å². The Morgan fingerprint density at radius 1 is 1.26 bits per heavy atom. The van der Waals surface area contributed by atoms with Crippen LogP contribution in [0.3, 0.4) is 0 Å². The average Bonchev–Trinajstić information content (AvgIpc) is 2.82. The van der Waals surface area contributed by atoms with E-state index in [-0.39, 0.29) is 0 Å². The van der Waals surface area contributed by atoms with Crippen LogP contribution in [0.4, 0.5) is 5.69 Å². The quantitative estimate of drug-likeness (QED) is 0.908. The van der Waals surface area contributed by atoms with Crippen LogP contribution in [0.5, 0.6) is 11.5 Å². The number of thiophene rings is 1. The van der Waals surface area contributed by atoms with Crippen LogP contribution in [0.25, 0.3) is 0 Å². The second-order valence-electron chi connectivity index (χ2n) is 4.36. The third kappa shape index (κ3) is 2.72. The molecule has 0 unspecified atom stereocenters. The van der Waals surface area contributed by atoms with Gasteiger partial charge >= 0.3 is 0 Å². The lowest BCUT2D eigenvalue weighted by atomic mass is 10.2. The fourth-order valence-electron chi connectivity index (χ4n) is 1.96. The zero-order valence-corrected chi connectivity index (χ0v) is 12.9. The van der Waals surface area contributed by atoms with Gasteiger partial charge in [0, 0.05) is 28.0 Å². The number of ether oxygens (including phenoxy) is 2. The molecule has 0 amide bonds. The highest BCUT2D eigenvalue weighted by molar-refractivity contribution is 9.10. The summed E-state index contributed by atoms with van der Waals surface area (Å²) in [7, 11) is 0. The molecule has 1 aliphatic rings. The highest BCUT2D eigenvalue weighted by atomic mass is 79.9. The number of benzene rings is 1. The molecule has 0 saturated carbocycles. The van der Waals surface area contributed by atoms with Crippen molar-refractivity contribution in [2.45, 2.75) is 13.5 Å². The van der Waals surface area contributed by atoms with E-state index < -0.39 is 0 Å². The minimum absolute atomic E-state index is 0.609. The fraction of sp³-hybridized carbons (Fsp3) is 0.286. The van der Waals surface area contributed by atoms with Crippen LogP contribution in [-0.2, 0) is 6.54 Å². The number of hydrogen-bond donors (Lipinski definition) is 1. The molecule has 3 nitrogen and oxygen atoms in total. The molecular formula is C14H14BrNO2S. The number of fused-ring (bicyclic) bond motifs is 1. The first-order chi connectivity index (χ1) is 9.24. The van der Waals surface area contributed by atoms with Gasteiger partial charge in [-0.05, 0) is 39.9 Å². The molecule has 0 atom stereocenters. The Labute approximate surface area is 124 Å². The molecule has 1 aromatic carbocycles. The molecule has 0 bridgehead atoms. The summed E-state index contributed by atoms with van der Waals surface area (Å²) in [5, 5.41) is 5.55. The largest absolute Gasteiger partial charge is 0.486 e. The third-order valence-electron chi connectivity index (χ3n) is 3.04. The molecule has 2 aromatic rings. The van der Waals surface area contributed by atoms with Crippen molar-refractivity contribution in [3.63, 3.8) is 0 Å². The normalized spacial score (nSPS) is 13.4. The molecule has 2 heterocycles. The van der Waals surface area contributed by atoms with Crippen molar-refractivity contribution < 1.29 is 9.47 Å². The number of rotatable bonds is 3. The first-order valence-electron chi connectivity index (χ1n) is 6.10. The molecule has 3 rings (SSSR count). The average molecular weight is 340 g/mol. The van der Waals surface area contributed by atoms with Gasteiger partial charge in [-0.2, -0.15) is 0 Å². The number of anilines is 1. The topological polar surface area (TPSA) is 30.5 Å². The van der Waals surface area contributed by atoms with Gasteiger partial charge in [-0.25, -0.2) is 0 Å². The predicted molar refractivity (Wildman–Crippen MR) is 81.5 cm³/mol. The van der Waals surface area contributed by atoms with Crippen LogP contribution in [-0.4, -0.2) is 13.2 Å². The number of nitrogens with one attached hydrogen (secondary N) is 1. The van der Waals surface area contributed by atoms with Gasteiger partial charge < -0.3 is 14.8 Å². The second-order valence-corrected chi connectivity index (χ2v) is 6.21. The van der Waals surface area contributed by atoms with E-state index in [2.05, 4.69) is 39.6 Å². The maximum atomic E-state index is 5.60. The number of halogens is 1. The Hall–Kier alpha value is -1.20. The van der Waals surface area contributed by atoms with Crippen molar-refractivity contribution in [1.29, 1.82) is 0 Å². The molecule has 19 heavy (non-hydrogen) atoms. The molecule has 0 fully saturated rings. The second kappa shape index (κ2) is 5.43. The molecule has 1 N–H and O–H groups in total. The van der Waals surface area contributed by atoms with E-state index in [0.717, 1.165) is 28.2 Å². The Morgan fingerprint density at radius 3 is 2.68 bits per heavy atom. The molecule has 0 spiro atoms. The van der Waals surface area contributed by atoms with E-state index in [4.69, 9.17) is 9.47 Å². The lowest BCUT2D eigenvalue weighted by molar-refractivity contribution is 0.171. The van der Waals surface area contributed by atoms with Gasteiger partial charge in [0.05, 0.1) is 5.69 Å². The maximum Gasteiger partial charge on any atom is 0.163 e. The van der Waals surface area contributed by atoms with Crippen molar-refractivity contribution in [2.24, 2.45) is 0 Å². The minimum atomic E-state index is 0.609. The first-order valence-corrected chi connectivity index (χ1v) is 7.77. The van der Waals surface area contributed by atoms with Crippen LogP contribution in [0, 0.1) is 6.92 Å². The molecule has 0 aliphatic carbocycles. The van der Waals surface area contributed by atoms with Crippen LogP contribution >= 0.6 is 27.3 Å². The van der Waals surface area contributed by atoms with E-state index in [1.54, 1.807) is 11.3 Å². The monoisotopic (exact) mass is 339 g/mol. The smallest absolute Gasteiger partial charge is 0.163 e. The third-order valence-corrected chi connectivity index (χ3v) is 4.72. The van der Waals surface area contributed by atoms with Gasteiger partial charge in [-0.3, -0.25) is 0 Å². The molecule has 0 saturated heterocycles. The highest BCUT2D eigenvalue weighted by Gasteiger charge is 2.14. The van der Waals surface area contributed by atoms with Crippen molar-refractivity contribution in [3.05, 3.63) is 38.5 Å². The van der Waals surface area contributed by atoms with Crippen LogP contribution in [0.15, 0.2) is 28.1 Å². The van der Waals surface area contributed by atoms with Crippen molar-refractivity contribution >= 4 is 33.0 Å². The molecule has 5 heteroatoms. The van der Waals surface area contributed by atoms with Crippen LogP contribution in [0.2, 0.25) is 0 Å². The molecule has 1 aliphatic heterocycles. The number of aryl methyl sites for hydroxylation is 1. The molecule has 1 aromatic heterocycles. The maximum absolute atomic E-state index is 5.60. The van der Waals surface area contributed by atoms with E-state index in [9.17, 15) is 0 Å². The predicted octanol–water partition coefficient (Wildman–Crippen LogP) is 4.20. The Kier molecular flexibility index (Phi) is 3.66. The first kappa shape index (κ1) is 12.8.